The van der Waals surface area contributed by atoms with Gasteiger partial charge in [-0.05, 0) is 20.9 Å². The van der Waals surface area contributed by atoms with Crippen LogP contribution in [-0.2, 0) is 0 Å². The van der Waals surface area contributed by atoms with Gasteiger partial charge in [0.1, 0.15) is 5.52 Å². The number of hydrogen-bond donors (Lipinski definition) is 2. The van der Waals surface area contributed by atoms with Crippen molar-refractivity contribution in [1.29, 1.82) is 0 Å². The molecule has 1 aliphatic heterocycles. The molecule has 2 aromatic heterocycles. The lowest BCUT2D eigenvalue weighted by molar-refractivity contribution is 0.138. The Morgan fingerprint density at radius 3 is 2.84 bits per heavy atom. The van der Waals surface area contributed by atoms with Crippen LogP contribution in [0.4, 0.5) is 11.8 Å². The molecule has 0 aromatic carbocycles. The van der Waals surface area contributed by atoms with Crippen LogP contribution in [0.3, 0.4) is 0 Å². The van der Waals surface area contributed by atoms with Crippen molar-refractivity contribution in [2.75, 3.05) is 37.3 Å². The van der Waals surface area contributed by atoms with Crippen molar-refractivity contribution in [2.24, 2.45) is 0 Å². The average molecular weight is 261 g/mol. The third-order valence-corrected chi connectivity index (χ3v) is 3.90. The molecule has 0 saturated carbocycles. The zero-order valence-corrected chi connectivity index (χ0v) is 11.5. The number of aromatic nitrogens is 4. The predicted molar refractivity (Wildman–Crippen MR) is 75.0 cm³/mol. The molecule has 102 valence electrons. The number of nitrogens with zero attached hydrogens (tertiary/aromatic N) is 5. The summed E-state index contributed by atoms with van der Waals surface area (Å²) in [6.45, 7) is 7.27. The molecule has 3 rings (SSSR count). The van der Waals surface area contributed by atoms with Gasteiger partial charge in [-0.3, -0.25) is 4.90 Å². The second-order valence-electron chi connectivity index (χ2n) is 5.66. The minimum absolute atomic E-state index is 0.101. The number of nitrogens with one attached hydrogen (secondary N) is 1. The van der Waals surface area contributed by atoms with Gasteiger partial charge in [-0.25, -0.2) is 4.98 Å². The first-order valence-corrected chi connectivity index (χ1v) is 6.40. The number of hydrogen-bond acceptors (Lipinski definition) is 6. The van der Waals surface area contributed by atoms with Crippen LogP contribution in [0.1, 0.15) is 13.8 Å². The molecule has 0 unspecified atom stereocenters. The average Bonchev–Trinajstić information content (AvgIpc) is 2.79. The summed E-state index contributed by atoms with van der Waals surface area (Å²) in [7, 11) is 2.15. The van der Waals surface area contributed by atoms with Crippen molar-refractivity contribution < 1.29 is 0 Å². The Balaban J connectivity index is 2.02. The third-order valence-electron chi connectivity index (χ3n) is 3.90. The van der Waals surface area contributed by atoms with Gasteiger partial charge in [0, 0.05) is 25.2 Å². The zero-order valence-electron chi connectivity index (χ0n) is 11.5. The van der Waals surface area contributed by atoms with E-state index in [1.165, 1.54) is 0 Å². The Hall–Kier alpha value is -1.89. The second kappa shape index (κ2) is 4.06. The lowest BCUT2D eigenvalue weighted by atomic mass is 10.00. The number of H-pyrrole nitrogens is 1. The second-order valence-corrected chi connectivity index (χ2v) is 5.66. The van der Waals surface area contributed by atoms with Crippen LogP contribution in [-0.4, -0.2) is 57.1 Å². The molecule has 3 heterocycles. The molecule has 1 fully saturated rings. The quantitative estimate of drug-likeness (QED) is 0.775. The molecule has 0 amide bonds. The van der Waals surface area contributed by atoms with Gasteiger partial charge in [0.2, 0.25) is 5.95 Å². The van der Waals surface area contributed by atoms with E-state index < -0.39 is 0 Å². The third kappa shape index (κ3) is 1.99. The topological polar surface area (TPSA) is 87.0 Å². The smallest absolute Gasteiger partial charge is 0.224 e. The van der Waals surface area contributed by atoms with Gasteiger partial charge in [0.15, 0.2) is 11.5 Å². The number of piperazine rings is 1. The molecular weight excluding hydrogens is 242 g/mol. The van der Waals surface area contributed by atoms with Crippen LogP contribution in [0.2, 0.25) is 0 Å². The molecule has 0 aliphatic carbocycles. The SMILES string of the molecule is CN1CCN(c2nc(N)nc3nc[nH]c23)CC1(C)C. The zero-order chi connectivity index (χ0) is 13.6. The molecule has 0 spiro atoms. The Morgan fingerprint density at radius 1 is 1.32 bits per heavy atom. The summed E-state index contributed by atoms with van der Waals surface area (Å²) in [6, 6.07) is 0. The van der Waals surface area contributed by atoms with Gasteiger partial charge in [-0.1, -0.05) is 0 Å². The Morgan fingerprint density at radius 2 is 2.11 bits per heavy atom. The van der Waals surface area contributed by atoms with Crippen LogP contribution < -0.4 is 10.6 Å². The minimum atomic E-state index is 0.101. The summed E-state index contributed by atoms with van der Waals surface area (Å²) in [5.41, 5.74) is 7.35. The molecule has 2 aromatic rings. The highest BCUT2D eigenvalue weighted by Gasteiger charge is 2.32. The van der Waals surface area contributed by atoms with Crippen LogP contribution >= 0.6 is 0 Å². The lowest BCUT2D eigenvalue weighted by Gasteiger charge is -2.45. The van der Waals surface area contributed by atoms with Crippen molar-refractivity contribution in [3.8, 4) is 0 Å². The van der Waals surface area contributed by atoms with Gasteiger partial charge in [0.25, 0.3) is 0 Å². The molecule has 0 atom stereocenters. The number of anilines is 2. The fraction of sp³-hybridized carbons (Fsp3) is 0.583. The fourth-order valence-corrected chi connectivity index (χ4v) is 2.48. The summed E-state index contributed by atoms with van der Waals surface area (Å²) in [4.78, 5) is 20.4. The van der Waals surface area contributed by atoms with E-state index in [-0.39, 0.29) is 11.5 Å². The lowest BCUT2D eigenvalue weighted by Crippen LogP contribution is -2.58. The summed E-state index contributed by atoms with van der Waals surface area (Å²) in [5, 5.41) is 0. The van der Waals surface area contributed by atoms with E-state index in [1.54, 1.807) is 6.33 Å². The molecule has 7 nitrogen and oxygen atoms in total. The van der Waals surface area contributed by atoms with Crippen LogP contribution in [0.5, 0.6) is 0 Å². The normalized spacial score (nSPS) is 20.1. The Bertz CT molecular complexity index is 603. The van der Waals surface area contributed by atoms with Crippen molar-refractivity contribution in [2.45, 2.75) is 19.4 Å². The van der Waals surface area contributed by atoms with Gasteiger partial charge >= 0.3 is 0 Å². The summed E-state index contributed by atoms with van der Waals surface area (Å²) in [5.74, 6) is 1.12. The highest BCUT2D eigenvalue weighted by molar-refractivity contribution is 5.84. The van der Waals surface area contributed by atoms with Gasteiger partial charge in [-0.15, -0.1) is 0 Å². The van der Waals surface area contributed by atoms with Crippen LogP contribution in [0, 0.1) is 0 Å². The molecule has 3 N–H and O–H groups in total. The van der Waals surface area contributed by atoms with Crippen LogP contribution in [0.15, 0.2) is 6.33 Å². The molecule has 1 aliphatic rings. The van der Waals surface area contributed by atoms with Crippen molar-refractivity contribution in [3.05, 3.63) is 6.33 Å². The van der Waals surface area contributed by atoms with E-state index in [2.05, 4.69) is 50.6 Å². The van der Waals surface area contributed by atoms with Crippen molar-refractivity contribution in [3.63, 3.8) is 0 Å². The first-order chi connectivity index (χ1) is 8.97. The van der Waals surface area contributed by atoms with Crippen LogP contribution in [0.25, 0.3) is 11.2 Å². The largest absolute Gasteiger partial charge is 0.368 e. The number of imidazole rings is 1. The van der Waals surface area contributed by atoms with Gasteiger partial charge in [-0.2, -0.15) is 9.97 Å². The number of aromatic amines is 1. The fourth-order valence-electron chi connectivity index (χ4n) is 2.48. The van der Waals surface area contributed by atoms with Crippen molar-refractivity contribution >= 4 is 22.9 Å². The molecular formula is C12H19N7. The standard InChI is InChI=1S/C12H19N7/c1-12(2)6-19(5-4-18(12)3)10-8-9(15-7-14-8)16-11(13)17-10/h7H,4-6H2,1-3H3,(H3,13,14,15,16,17). The minimum Gasteiger partial charge on any atom is -0.368 e. The molecule has 0 radical (unpaired) electrons. The number of likely N-dealkylation sites (N-methyl/N-ethyl adjacent to an activating group) is 1. The van der Waals surface area contributed by atoms with E-state index in [1.807, 2.05) is 0 Å². The first-order valence-electron chi connectivity index (χ1n) is 6.40. The van der Waals surface area contributed by atoms with E-state index in [0.717, 1.165) is 31.0 Å². The Kier molecular flexibility index (Phi) is 2.60. The maximum Gasteiger partial charge on any atom is 0.224 e. The summed E-state index contributed by atoms with van der Waals surface area (Å²) in [6.07, 6.45) is 1.63. The van der Waals surface area contributed by atoms with E-state index in [4.69, 9.17) is 5.73 Å². The van der Waals surface area contributed by atoms with E-state index in [9.17, 15) is 0 Å². The van der Waals surface area contributed by atoms with E-state index in [0.29, 0.717) is 5.65 Å². The monoisotopic (exact) mass is 261 g/mol. The maximum absolute atomic E-state index is 5.77. The number of nitrogen functional groups attached to an aromatic ring is 1. The maximum atomic E-state index is 5.77. The van der Waals surface area contributed by atoms with Gasteiger partial charge in [0.05, 0.1) is 6.33 Å². The predicted octanol–water partition coefficient (Wildman–Crippen LogP) is 0.465. The number of rotatable bonds is 1. The van der Waals surface area contributed by atoms with Gasteiger partial charge < -0.3 is 15.6 Å². The highest BCUT2D eigenvalue weighted by Crippen LogP contribution is 2.27. The molecule has 0 bridgehead atoms. The first kappa shape index (κ1) is 12.2. The molecule has 1 saturated heterocycles. The van der Waals surface area contributed by atoms with E-state index >= 15 is 0 Å². The number of nitrogens with two attached hydrogens (primary N) is 1. The highest BCUT2D eigenvalue weighted by atomic mass is 15.3. The summed E-state index contributed by atoms with van der Waals surface area (Å²) >= 11 is 0. The summed E-state index contributed by atoms with van der Waals surface area (Å²) < 4.78 is 0. The Labute approximate surface area is 111 Å². The molecule has 19 heavy (non-hydrogen) atoms. The number of fused-ring (bicyclic) bond motifs is 1. The van der Waals surface area contributed by atoms with Crippen molar-refractivity contribution in [1.82, 2.24) is 24.8 Å². The molecule has 7 heteroatoms.